The van der Waals surface area contributed by atoms with Crippen molar-refractivity contribution in [3.63, 3.8) is 0 Å². The minimum absolute atomic E-state index is 0.286. The highest BCUT2D eigenvalue weighted by Gasteiger charge is 2.03. The topological polar surface area (TPSA) is 44.5 Å². The summed E-state index contributed by atoms with van der Waals surface area (Å²) < 4.78 is 24.3. The Balaban J connectivity index is 1.73. The summed E-state index contributed by atoms with van der Waals surface area (Å²) in [7, 11) is 0. The Bertz CT molecular complexity index is 572. The second kappa shape index (κ2) is 6.80. The standard InChI is InChI=1S/C16H18FNO2/c1-12-6-7-15(17)16(10-12)20-9-3-8-19-14-5-2-4-13(18)11-14/h2,4-7,10-11H,3,8-9,18H2,1H3. The third-order valence-corrected chi connectivity index (χ3v) is 2.76. The molecule has 4 heteroatoms. The van der Waals surface area contributed by atoms with Crippen LogP contribution in [0.1, 0.15) is 12.0 Å². The Morgan fingerprint density at radius 1 is 1.05 bits per heavy atom. The average molecular weight is 275 g/mol. The molecule has 3 nitrogen and oxygen atoms in total. The van der Waals surface area contributed by atoms with Crippen molar-refractivity contribution in [1.82, 2.24) is 0 Å². The fourth-order valence-corrected chi connectivity index (χ4v) is 1.76. The van der Waals surface area contributed by atoms with Gasteiger partial charge in [0.05, 0.1) is 13.2 Å². The molecular formula is C16H18FNO2. The van der Waals surface area contributed by atoms with Gasteiger partial charge in [0, 0.05) is 18.2 Å². The minimum atomic E-state index is -0.340. The van der Waals surface area contributed by atoms with E-state index in [0.717, 1.165) is 11.3 Å². The molecule has 0 aliphatic heterocycles. The van der Waals surface area contributed by atoms with Crippen LogP contribution in [0.15, 0.2) is 42.5 Å². The van der Waals surface area contributed by atoms with Gasteiger partial charge in [0.15, 0.2) is 11.6 Å². The Morgan fingerprint density at radius 3 is 2.65 bits per heavy atom. The van der Waals surface area contributed by atoms with Crippen LogP contribution in [0.2, 0.25) is 0 Å². The van der Waals surface area contributed by atoms with Gasteiger partial charge in [0.25, 0.3) is 0 Å². The van der Waals surface area contributed by atoms with E-state index in [1.165, 1.54) is 6.07 Å². The predicted molar refractivity (Wildman–Crippen MR) is 77.6 cm³/mol. The van der Waals surface area contributed by atoms with E-state index < -0.39 is 0 Å². The number of rotatable bonds is 6. The third kappa shape index (κ3) is 4.16. The smallest absolute Gasteiger partial charge is 0.165 e. The minimum Gasteiger partial charge on any atom is -0.493 e. The van der Waals surface area contributed by atoms with E-state index in [0.29, 0.717) is 25.3 Å². The molecule has 0 heterocycles. The Labute approximate surface area is 118 Å². The van der Waals surface area contributed by atoms with E-state index >= 15 is 0 Å². The first-order chi connectivity index (χ1) is 9.65. The molecule has 0 aromatic heterocycles. The van der Waals surface area contributed by atoms with Crippen LogP contribution < -0.4 is 15.2 Å². The molecule has 0 saturated carbocycles. The van der Waals surface area contributed by atoms with Crippen molar-refractivity contribution in [3.05, 3.63) is 53.8 Å². The zero-order chi connectivity index (χ0) is 14.4. The fraction of sp³-hybridized carbons (Fsp3) is 0.250. The number of hydrogen-bond donors (Lipinski definition) is 1. The summed E-state index contributed by atoms with van der Waals surface area (Å²) >= 11 is 0. The van der Waals surface area contributed by atoms with Gasteiger partial charge in [-0.3, -0.25) is 0 Å². The monoisotopic (exact) mass is 275 g/mol. The lowest BCUT2D eigenvalue weighted by molar-refractivity contribution is 0.241. The van der Waals surface area contributed by atoms with Gasteiger partial charge in [-0.15, -0.1) is 0 Å². The highest BCUT2D eigenvalue weighted by Crippen LogP contribution is 2.18. The number of benzene rings is 2. The molecule has 2 rings (SSSR count). The molecular weight excluding hydrogens is 257 g/mol. The molecule has 0 aliphatic rings. The summed E-state index contributed by atoms with van der Waals surface area (Å²) in [6.07, 6.45) is 0.669. The maximum atomic E-state index is 13.4. The summed E-state index contributed by atoms with van der Waals surface area (Å²) in [5.74, 6) is 0.674. The van der Waals surface area contributed by atoms with Gasteiger partial charge in [-0.1, -0.05) is 12.1 Å². The Morgan fingerprint density at radius 2 is 1.85 bits per heavy atom. The summed E-state index contributed by atoms with van der Waals surface area (Å²) in [5, 5.41) is 0. The number of nitrogen functional groups attached to an aromatic ring is 1. The molecule has 0 fully saturated rings. The van der Waals surface area contributed by atoms with Gasteiger partial charge in [0.1, 0.15) is 5.75 Å². The van der Waals surface area contributed by atoms with E-state index in [1.807, 2.05) is 19.1 Å². The zero-order valence-electron chi connectivity index (χ0n) is 11.4. The molecule has 0 atom stereocenters. The van der Waals surface area contributed by atoms with Gasteiger partial charge in [-0.2, -0.15) is 0 Å². The molecule has 0 aliphatic carbocycles. The molecule has 0 radical (unpaired) electrons. The van der Waals surface area contributed by atoms with Gasteiger partial charge >= 0.3 is 0 Å². The average Bonchev–Trinajstić information content (AvgIpc) is 2.42. The largest absolute Gasteiger partial charge is 0.493 e. The summed E-state index contributed by atoms with van der Waals surface area (Å²) in [6.45, 7) is 2.80. The molecule has 106 valence electrons. The van der Waals surface area contributed by atoms with Crippen molar-refractivity contribution in [2.45, 2.75) is 13.3 Å². The maximum absolute atomic E-state index is 13.4. The van der Waals surface area contributed by atoms with E-state index in [-0.39, 0.29) is 11.6 Å². The summed E-state index contributed by atoms with van der Waals surface area (Å²) in [6, 6.07) is 12.1. The molecule has 0 bridgehead atoms. The van der Waals surface area contributed by atoms with Crippen LogP contribution in [0.3, 0.4) is 0 Å². The number of aryl methyl sites for hydroxylation is 1. The van der Waals surface area contributed by atoms with Crippen molar-refractivity contribution < 1.29 is 13.9 Å². The van der Waals surface area contributed by atoms with Crippen LogP contribution in [0.5, 0.6) is 11.5 Å². The number of anilines is 1. The van der Waals surface area contributed by atoms with Crippen LogP contribution in [-0.2, 0) is 0 Å². The van der Waals surface area contributed by atoms with Gasteiger partial charge in [-0.05, 0) is 36.8 Å². The first kappa shape index (κ1) is 14.2. The quantitative estimate of drug-likeness (QED) is 0.647. The molecule has 20 heavy (non-hydrogen) atoms. The normalized spacial score (nSPS) is 10.3. The Hall–Kier alpha value is -2.23. The van der Waals surface area contributed by atoms with E-state index in [2.05, 4.69) is 0 Å². The first-order valence-corrected chi connectivity index (χ1v) is 6.52. The highest BCUT2D eigenvalue weighted by molar-refractivity contribution is 5.43. The van der Waals surface area contributed by atoms with Crippen LogP contribution in [-0.4, -0.2) is 13.2 Å². The number of nitrogens with two attached hydrogens (primary N) is 1. The van der Waals surface area contributed by atoms with E-state index in [9.17, 15) is 4.39 Å². The van der Waals surface area contributed by atoms with E-state index in [4.69, 9.17) is 15.2 Å². The van der Waals surface area contributed by atoms with Crippen molar-refractivity contribution in [2.24, 2.45) is 0 Å². The lowest BCUT2D eigenvalue weighted by Crippen LogP contribution is -2.06. The Kier molecular flexibility index (Phi) is 4.82. The zero-order valence-corrected chi connectivity index (χ0v) is 11.4. The second-order valence-corrected chi connectivity index (χ2v) is 4.56. The van der Waals surface area contributed by atoms with Gasteiger partial charge in [-0.25, -0.2) is 4.39 Å². The lowest BCUT2D eigenvalue weighted by Gasteiger charge is -2.09. The van der Waals surface area contributed by atoms with Crippen LogP contribution in [0, 0.1) is 12.7 Å². The molecule has 2 aromatic carbocycles. The highest BCUT2D eigenvalue weighted by atomic mass is 19.1. The van der Waals surface area contributed by atoms with Gasteiger partial charge < -0.3 is 15.2 Å². The molecule has 0 unspecified atom stereocenters. The molecule has 0 saturated heterocycles. The number of halogens is 1. The predicted octanol–water partition coefficient (Wildman–Crippen LogP) is 3.56. The lowest BCUT2D eigenvalue weighted by atomic mass is 10.2. The van der Waals surface area contributed by atoms with Gasteiger partial charge in [0.2, 0.25) is 0 Å². The van der Waals surface area contributed by atoms with Crippen molar-refractivity contribution in [1.29, 1.82) is 0 Å². The summed E-state index contributed by atoms with van der Waals surface area (Å²) in [5.41, 5.74) is 7.29. The number of hydrogen-bond acceptors (Lipinski definition) is 3. The van der Waals surface area contributed by atoms with Crippen LogP contribution >= 0.6 is 0 Å². The molecule has 2 N–H and O–H groups in total. The summed E-state index contributed by atoms with van der Waals surface area (Å²) in [4.78, 5) is 0. The molecule has 2 aromatic rings. The second-order valence-electron chi connectivity index (χ2n) is 4.56. The first-order valence-electron chi connectivity index (χ1n) is 6.52. The van der Waals surface area contributed by atoms with Crippen LogP contribution in [0.25, 0.3) is 0 Å². The van der Waals surface area contributed by atoms with Crippen molar-refractivity contribution in [2.75, 3.05) is 18.9 Å². The van der Waals surface area contributed by atoms with E-state index in [1.54, 1.807) is 24.3 Å². The van der Waals surface area contributed by atoms with Crippen LogP contribution in [0.4, 0.5) is 10.1 Å². The molecule has 0 amide bonds. The van der Waals surface area contributed by atoms with Crippen molar-refractivity contribution in [3.8, 4) is 11.5 Å². The fourth-order valence-electron chi connectivity index (χ4n) is 1.76. The molecule has 0 spiro atoms. The maximum Gasteiger partial charge on any atom is 0.165 e. The number of ether oxygens (including phenoxy) is 2. The third-order valence-electron chi connectivity index (χ3n) is 2.76. The van der Waals surface area contributed by atoms with Crippen molar-refractivity contribution >= 4 is 5.69 Å². The SMILES string of the molecule is Cc1ccc(F)c(OCCCOc2cccc(N)c2)c1.